The van der Waals surface area contributed by atoms with Crippen molar-refractivity contribution in [2.45, 2.75) is 11.1 Å². The first-order chi connectivity index (χ1) is 12.1. The zero-order valence-electron chi connectivity index (χ0n) is 13.0. The van der Waals surface area contributed by atoms with Gasteiger partial charge in [0.15, 0.2) is 0 Å². The molecule has 0 aliphatic rings. The molecular weight excluding hydrogens is 371 g/mol. The van der Waals surface area contributed by atoms with Crippen LogP contribution in [0.25, 0.3) is 0 Å². The van der Waals surface area contributed by atoms with Crippen molar-refractivity contribution in [2.75, 3.05) is 11.3 Å². The van der Waals surface area contributed by atoms with Crippen LogP contribution in [0.4, 0.5) is 18.9 Å². The Bertz CT molecular complexity index is 966. The molecule has 0 atom stereocenters. The minimum absolute atomic E-state index is 0.00739. The summed E-state index contributed by atoms with van der Waals surface area (Å²) in [5.74, 6) is -0.991. The van der Waals surface area contributed by atoms with Gasteiger partial charge in [0, 0.05) is 11.3 Å². The summed E-state index contributed by atoms with van der Waals surface area (Å²) in [6, 6.07) is 12.1. The maximum absolute atomic E-state index is 12.3. The predicted octanol–water partition coefficient (Wildman–Crippen LogP) is 2.65. The van der Waals surface area contributed by atoms with Crippen LogP contribution in [0, 0.1) is 11.3 Å². The number of carbonyl (C=O) groups is 1. The average molecular weight is 383 g/mol. The monoisotopic (exact) mass is 383 g/mol. The Labute approximate surface area is 147 Å². The van der Waals surface area contributed by atoms with Crippen molar-refractivity contribution >= 4 is 21.6 Å². The molecule has 10 heteroatoms. The fourth-order valence-corrected chi connectivity index (χ4v) is 3.05. The van der Waals surface area contributed by atoms with Crippen molar-refractivity contribution in [3.8, 4) is 6.07 Å². The number of benzene rings is 2. The zero-order valence-corrected chi connectivity index (χ0v) is 13.9. The van der Waals surface area contributed by atoms with E-state index in [1.165, 1.54) is 42.5 Å². The Morgan fingerprint density at radius 2 is 1.81 bits per heavy atom. The third kappa shape index (κ3) is 5.22. The number of hydrogen-bond donors (Lipinski definition) is 2. The van der Waals surface area contributed by atoms with Crippen LogP contribution < -0.4 is 10.0 Å². The summed E-state index contributed by atoms with van der Waals surface area (Å²) < 4.78 is 63.4. The fourth-order valence-electron chi connectivity index (χ4n) is 1.95. The molecule has 0 fully saturated rings. The molecule has 0 bridgehead atoms. The normalized spacial score (nSPS) is 11.5. The second kappa shape index (κ2) is 7.45. The molecule has 26 heavy (non-hydrogen) atoms. The van der Waals surface area contributed by atoms with Gasteiger partial charge in [-0.2, -0.15) is 18.4 Å². The fraction of sp³-hybridized carbons (Fsp3) is 0.125. The van der Waals surface area contributed by atoms with Crippen LogP contribution in [0.2, 0.25) is 0 Å². The largest absolute Gasteiger partial charge is 0.405 e. The van der Waals surface area contributed by atoms with Gasteiger partial charge in [-0.25, -0.2) is 8.42 Å². The number of anilines is 1. The molecule has 0 radical (unpaired) electrons. The summed E-state index contributed by atoms with van der Waals surface area (Å²) >= 11 is 0. The minimum Gasteiger partial charge on any atom is -0.343 e. The standard InChI is InChI=1S/C16H12F3N3O3S/c17-16(18,19)10-21-15(23)12-4-2-5-13(8-12)22-26(24,25)14-6-1-3-11(7-14)9-20/h1-8,22H,10H2,(H,21,23). The number of amides is 1. The van der Waals surface area contributed by atoms with Crippen molar-refractivity contribution in [2.24, 2.45) is 0 Å². The average Bonchev–Trinajstić information content (AvgIpc) is 2.59. The molecule has 136 valence electrons. The van der Waals surface area contributed by atoms with Crippen LogP contribution in [0.15, 0.2) is 53.4 Å². The molecule has 0 saturated carbocycles. The summed E-state index contributed by atoms with van der Waals surface area (Å²) in [4.78, 5) is 11.6. The Balaban J connectivity index is 2.20. The highest BCUT2D eigenvalue weighted by atomic mass is 32.2. The first kappa shape index (κ1) is 19.3. The van der Waals surface area contributed by atoms with E-state index < -0.39 is 28.7 Å². The second-order valence-corrected chi connectivity index (χ2v) is 6.81. The Morgan fingerprint density at radius 3 is 2.46 bits per heavy atom. The first-order valence-corrected chi connectivity index (χ1v) is 8.57. The van der Waals surface area contributed by atoms with Crippen LogP contribution in [0.1, 0.15) is 15.9 Å². The number of nitriles is 1. The zero-order chi connectivity index (χ0) is 19.4. The lowest BCUT2D eigenvalue weighted by molar-refractivity contribution is -0.123. The Morgan fingerprint density at radius 1 is 1.12 bits per heavy atom. The Hall–Kier alpha value is -3.06. The van der Waals surface area contributed by atoms with E-state index in [0.717, 1.165) is 6.07 Å². The lowest BCUT2D eigenvalue weighted by Gasteiger charge is -2.11. The van der Waals surface area contributed by atoms with Gasteiger partial charge in [-0.15, -0.1) is 0 Å². The number of alkyl halides is 3. The second-order valence-electron chi connectivity index (χ2n) is 5.12. The van der Waals surface area contributed by atoms with E-state index in [9.17, 15) is 26.4 Å². The van der Waals surface area contributed by atoms with Crippen LogP contribution in [0.5, 0.6) is 0 Å². The summed E-state index contributed by atoms with van der Waals surface area (Å²) in [5.41, 5.74) is 0.000370. The highest BCUT2D eigenvalue weighted by Crippen LogP contribution is 2.19. The van der Waals surface area contributed by atoms with Gasteiger partial charge >= 0.3 is 6.18 Å². The van der Waals surface area contributed by atoms with Gasteiger partial charge in [0.25, 0.3) is 15.9 Å². The van der Waals surface area contributed by atoms with Crippen LogP contribution >= 0.6 is 0 Å². The molecule has 6 nitrogen and oxygen atoms in total. The van der Waals surface area contributed by atoms with E-state index in [0.29, 0.717) is 0 Å². The predicted molar refractivity (Wildman–Crippen MR) is 86.8 cm³/mol. The van der Waals surface area contributed by atoms with Crippen molar-refractivity contribution in [3.05, 3.63) is 59.7 Å². The quantitative estimate of drug-likeness (QED) is 0.829. The maximum Gasteiger partial charge on any atom is 0.405 e. The molecule has 2 aromatic carbocycles. The molecule has 0 heterocycles. The molecule has 1 amide bonds. The van der Waals surface area contributed by atoms with Crippen LogP contribution in [-0.2, 0) is 10.0 Å². The third-order valence-corrected chi connectivity index (χ3v) is 4.48. The van der Waals surface area contributed by atoms with Gasteiger partial charge in [0.05, 0.1) is 16.5 Å². The van der Waals surface area contributed by atoms with E-state index in [4.69, 9.17) is 5.26 Å². The highest BCUT2D eigenvalue weighted by molar-refractivity contribution is 7.92. The number of rotatable bonds is 5. The first-order valence-electron chi connectivity index (χ1n) is 7.09. The van der Waals surface area contributed by atoms with E-state index >= 15 is 0 Å². The van der Waals surface area contributed by atoms with E-state index in [-0.39, 0.29) is 21.7 Å². The summed E-state index contributed by atoms with van der Waals surface area (Å²) in [6.07, 6.45) is -4.55. The molecule has 0 unspecified atom stereocenters. The minimum atomic E-state index is -4.55. The van der Waals surface area contributed by atoms with E-state index in [2.05, 4.69) is 4.72 Å². The van der Waals surface area contributed by atoms with Crippen LogP contribution in [0.3, 0.4) is 0 Å². The van der Waals surface area contributed by atoms with Crippen molar-refractivity contribution < 1.29 is 26.4 Å². The molecule has 0 spiro atoms. The lowest BCUT2D eigenvalue weighted by Crippen LogP contribution is -2.33. The van der Waals surface area contributed by atoms with Crippen molar-refractivity contribution in [1.82, 2.24) is 5.32 Å². The smallest absolute Gasteiger partial charge is 0.343 e. The van der Waals surface area contributed by atoms with Crippen molar-refractivity contribution in [3.63, 3.8) is 0 Å². The number of halogens is 3. The third-order valence-electron chi connectivity index (χ3n) is 3.10. The molecule has 2 rings (SSSR count). The topological polar surface area (TPSA) is 99.1 Å². The summed E-state index contributed by atoms with van der Waals surface area (Å²) in [5, 5.41) is 10.5. The molecular formula is C16H12F3N3O3S. The number of hydrogen-bond acceptors (Lipinski definition) is 4. The number of sulfonamides is 1. The molecule has 0 aromatic heterocycles. The lowest BCUT2D eigenvalue weighted by atomic mass is 10.2. The van der Waals surface area contributed by atoms with Gasteiger partial charge in [0.2, 0.25) is 0 Å². The number of nitrogens with zero attached hydrogens (tertiary/aromatic N) is 1. The van der Waals surface area contributed by atoms with E-state index in [1.807, 2.05) is 6.07 Å². The number of carbonyl (C=O) groups excluding carboxylic acids is 1. The summed E-state index contributed by atoms with van der Waals surface area (Å²) in [7, 11) is -4.04. The molecule has 0 aliphatic carbocycles. The summed E-state index contributed by atoms with van der Waals surface area (Å²) in [6.45, 7) is -1.50. The van der Waals surface area contributed by atoms with Gasteiger partial charge in [0.1, 0.15) is 6.54 Å². The molecule has 2 N–H and O–H groups in total. The molecule has 0 saturated heterocycles. The Kier molecular flexibility index (Phi) is 5.52. The molecule has 0 aliphatic heterocycles. The SMILES string of the molecule is N#Cc1cccc(S(=O)(=O)Nc2cccc(C(=O)NCC(F)(F)F)c2)c1. The highest BCUT2D eigenvalue weighted by Gasteiger charge is 2.28. The number of nitrogens with one attached hydrogen (secondary N) is 2. The molecule has 2 aromatic rings. The van der Waals surface area contributed by atoms with Crippen LogP contribution in [-0.4, -0.2) is 27.0 Å². The van der Waals surface area contributed by atoms with Gasteiger partial charge in [-0.3, -0.25) is 9.52 Å². The van der Waals surface area contributed by atoms with Gasteiger partial charge in [-0.1, -0.05) is 12.1 Å². The maximum atomic E-state index is 12.3. The van der Waals surface area contributed by atoms with Gasteiger partial charge < -0.3 is 5.32 Å². The van der Waals surface area contributed by atoms with Gasteiger partial charge in [-0.05, 0) is 36.4 Å². The van der Waals surface area contributed by atoms with Crippen molar-refractivity contribution in [1.29, 1.82) is 5.26 Å². The van der Waals surface area contributed by atoms with E-state index in [1.54, 1.807) is 5.32 Å².